The van der Waals surface area contributed by atoms with Crippen molar-refractivity contribution in [3.05, 3.63) is 35.4 Å². The van der Waals surface area contributed by atoms with E-state index in [0.717, 1.165) is 5.92 Å². The first-order valence-corrected chi connectivity index (χ1v) is 6.27. The minimum absolute atomic E-state index is 0.833. The van der Waals surface area contributed by atoms with Crippen molar-refractivity contribution in [1.29, 1.82) is 0 Å². The Hall–Kier alpha value is -0.780. The Morgan fingerprint density at radius 1 is 0.800 bits per heavy atom. The molecule has 1 aromatic carbocycles. The molecule has 0 N–H and O–H groups in total. The molecule has 1 aliphatic carbocycles. The molecule has 0 fully saturated rings. The topological polar surface area (TPSA) is 0 Å². The van der Waals surface area contributed by atoms with Crippen LogP contribution in [0.5, 0.6) is 0 Å². The Labute approximate surface area is 94.7 Å². The molecule has 0 aliphatic heterocycles. The predicted octanol–water partition coefficient (Wildman–Crippen LogP) is 4.62. The zero-order chi connectivity index (χ0) is 11.1. The first kappa shape index (κ1) is 12.3. The second-order valence-electron chi connectivity index (χ2n) is 5.06. The molecule has 0 unspecified atom stereocenters. The maximum Gasteiger partial charge on any atom is -0.0276 e. The molecule has 84 valence electrons. The molecule has 0 heteroatoms. The third-order valence-corrected chi connectivity index (χ3v) is 2.51. The number of hydrogen-bond acceptors (Lipinski definition) is 0. The van der Waals surface area contributed by atoms with Gasteiger partial charge in [-0.1, -0.05) is 51.5 Å². The van der Waals surface area contributed by atoms with Crippen LogP contribution in [-0.4, -0.2) is 0 Å². The Balaban J connectivity index is 0.000000245. The molecule has 0 amide bonds. The largest absolute Gasteiger partial charge is 0.0630 e. The molecule has 0 nitrogen and oxygen atoms in total. The highest BCUT2D eigenvalue weighted by molar-refractivity contribution is 5.27. The molecule has 1 aliphatic rings. The maximum atomic E-state index is 2.28. The lowest BCUT2D eigenvalue weighted by atomic mass is 10.0. The van der Waals surface area contributed by atoms with E-state index in [2.05, 4.69) is 45.0 Å². The Bertz CT molecular complexity index is 245. The lowest BCUT2D eigenvalue weighted by Crippen LogP contribution is -1.88. The van der Waals surface area contributed by atoms with E-state index in [1.165, 1.54) is 32.1 Å². The van der Waals surface area contributed by atoms with Crippen LogP contribution >= 0.6 is 0 Å². The second-order valence-corrected chi connectivity index (χ2v) is 5.06. The maximum absolute atomic E-state index is 2.28. The third kappa shape index (κ3) is 5.01. The van der Waals surface area contributed by atoms with E-state index in [0.29, 0.717) is 0 Å². The van der Waals surface area contributed by atoms with Crippen LogP contribution in [0.3, 0.4) is 0 Å². The van der Waals surface area contributed by atoms with E-state index in [-0.39, 0.29) is 0 Å². The van der Waals surface area contributed by atoms with Gasteiger partial charge >= 0.3 is 0 Å². The molecule has 1 aromatic rings. The monoisotopic (exact) mass is 204 g/mol. The van der Waals surface area contributed by atoms with Gasteiger partial charge in [0.05, 0.1) is 0 Å². The van der Waals surface area contributed by atoms with Gasteiger partial charge in [0.1, 0.15) is 0 Å². The van der Waals surface area contributed by atoms with E-state index >= 15 is 0 Å². The van der Waals surface area contributed by atoms with Crippen LogP contribution < -0.4 is 0 Å². The zero-order valence-corrected chi connectivity index (χ0v) is 10.4. The summed E-state index contributed by atoms with van der Waals surface area (Å²) in [7, 11) is 0. The van der Waals surface area contributed by atoms with Gasteiger partial charge in [-0.2, -0.15) is 0 Å². The van der Waals surface area contributed by atoms with E-state index in [9.17, 15) is 0 Å². The SMILES string of the molecule is CC(C)C.c1ccc2c(c1)CCCCC2. The van der Waals surface area contributed by atoms with Gasteiger partial charge in [0.15, 0.2) is 0 Å². The highest BCUT2D eigenvalue weighted by atomic mass is 14.1. The van der Waals surface area contributed by atoms with Gasteiger partial charge in [-0.15, -0.1) is 0 Å². The predicted molar refractivity (Wildman–Crippen MR) is 68.2 cm³/mol. The lowest BCUT2D eigenvalue weighted by Gasteiger charge is -2.02. The number of benzene rings is 1. The van der Waals surface area contributed by atoms with Crippen molar-refractivity contribution in [2.24, 2.45) is 5.92 Å². The number of hydrogen-bond donors (Lipinski definition) is 0. The van der Waals surface area contributed by atoms with Crippen molar-refractivity contribution in [3.63, 3.8) is 0 Å². The molecular formula is C15H24. The average Bonchev–Trinajstić information content (AvgIpc) is 2.41. The first-order valence-electron chi connectivity index (χ1n) is 6.27. The highest BCUT2D eigenvalue weighted by Crippen LogP contribution is 2.19. The van der Waals surface area contributed by atoms with Crippen molar-refractivity contribution >= 4 is 0 Å². The van der Waals surface area contributed by atoms with Crippen LogP contribution in [0.25, 0.3) is 0 Å². The smallest absolute Gasteiger partial charge is 0.0276 e. The molecule has 0 heterocycles. The molecule has 0 saturated carbocycles. The summed E-state index contributed by atoms with van der Waals surface area (Å²) < 4.78 is 0. The Morgan fingerprint density at radius 2 is 1.20 bits per heavy atom. The summed E-state index contributed by atoms with van der Waals surface area (Å²) in [4.78, 5) is 0. The van der Waals surface area contributed by atoms with Crippen LogP contribution in [-0.2, 0) is 12.8 Å². The third-order valence-electron chi connectivity index (χ3n) is 2.51. The molecular weight excluding hydrogens is 180 g/mol. The van der Waals surface area contributed by atoms with Gasteiger partial charge in [-0.05, 0) is 42.7 Å². The van der Waals surface area contributed by atoms with Gasteiger partial charge < -0.3 is 0 Å². The van der Waals surface area contributed by atoms with Crippen molar-refractivity contribution in [3.8, 4) is 0 Å². The molecule has 0 saturated heterocycles. The second kappa shape index (κ2) is 6.66. The fourth-order valence-electron chi connectivity index (χ4n) is 1.85. The number of aryl methyl sites for hydroxylation is 2. The van der Waals surface area contributed by atoms with Crippen LogP contribution in [0.1, 0.15) is 51.2 Å². The molecule has 0 atom stereocenters. The van der Waals surface area contributed by atoms with E-state index in [4.69, 9.17) is 0 Å². The summed E-state index contributed by atoms with van der Waals surface area (Å²) in [6.45, 7) is 6.50. The molecule has 15 heavy (non-hydrogen) atoms. The lowest BCUT2D eigenvalue weighted by molar-refractivity contribution is 0.711. The van der Waals surface area contributed by atoms with Crippen LogP contribution in [0.4, 0.5) is 0 Å². The first-order chi connectivity index (χ1) is 7.20. The van der Waals surface area contributed by atoms with Crippen molar-refractivity contribution < 1.29 is 0 Å². The van der Waals surface area contributed by atoms with Crippen molar-refractivity contribution in [2.45, 2.75) is 52.9 Å². The van der Waals surface area contributed by atoms with Crippen LogP contribution in [0.2, 0.25) is 0 Å². The quantitative estimate of drug-likeness (QED) is 0.541. The number of fused-ring (bicyclic) bond motifs is 1. The minimum Gasteiger partial charge on any atom is -0.0630 e. The summed E-state index contributed by atoms with van der Waals surface area (Å²) in [5.41, 5.74) is 3.18. The summed E-state index contributed by atoms with van der Waals surface area (Å²) in [5, 5.41) is 0. The molecule has 0 radical (unpaired) electrons. The fourth-order valence-corrected chi connectivity index (χ4v) is 1.85. The van der Waals surface area contributed by atoms with E-state index in [1.54, 1.807) is 11.1 Å². The average molecular weight is 204 g/mol. The summed E-state index contributed by atoms with van der Waals surface area (Å²) >= 11 is 0. The normalized spacial score (nSPS) is 14.9. The van der Waals surface area contributed by atoms with Gasteiger partial charge in [-0.25, -0.2) is 0 Å². The fraction of sp³-hybridized carbons (Fsp3) is 0.600. The highest BCUT2D eigenvalue weighted by Gasteiger charge is 2.05. The zero-order valence-electron chi connectivity index (χ0n) is 10.4. The summed E-state index contributed by atoms with van der Waals surface area (Å²) in [6, 6.07) is 8.87. The van der Waals surface area contributed by atoms with Crippen LogP contribution in [0.15, 0.2) is 24.3 Å². The minimum atomic E-state index is 0.833. The summed E-state index contributed by atoms with van der Waals surface area (Å²) in [5.74, 6) is 0.833. The van der Waals surface area contributed by atoms with E-state index in [1.807, 2.05) is 0 Å². The van der Waals surface area contributed by atoms with Gasteiger partial charge in [0.2, 0.25) is 0 Å². The van der Waals surface area contributed by atoms with Gasteiger partial charge in [0.25, 0.3) is 0 Å². The van der Waals surface area contributed by atoms with E-state index < -0.39 is 0 Å². The summed E-state index contributed by atoms with van der Waals surface area (Å²) in [6.07, 6.45) is 6.79. The Kier molecular flexibility index (Phi) is 5.45. The van der Waals surface area contributed by atoms with Crippen molar-refractivity contribution in [2.75, 3.05) is 0 Å². The van der Waals surface area contributed by atoms with Crippen molar-refractivity contribution in [1.82, 2.24) is 0 Å². The molecule has 2 rings (SSSR count). The Morgan fingerprint density at radius 3 is 1.60 bits per heavy atom. The standard InChI is InChI=1S/C11H14.C4H10/c1-2-6-10-8-4-5-9-11(10)7-3-1;1-4(2)3/h4-5,8-9H,1-3,6-7H2;4H,1-3H3. The van der Waals surface area contributed by atoms with Gasteiger partial charge in [-0.3, -0.25) is 0 Å². The molecule has 0 bridgehead atoms. The van der Waals surface area contributed by atoms with Crippen LogP contribution in [0, 0.1) is 5.92 Å². The molecule has 0 spiro atoms. The number of rotatable bonds is 0. The van der Waals surface area contributed by atoms with Gasteiger partial charge in [0, 0.05) is 0 Å². The molecule has 0 aromatic heterocycles.